The molecule has 44 valence electrons. The van der Waals surface area contributed by atoms with Crippen LogP contribution in [-0.4, -0.2) is 11.9 Å². The van der Waals surface area contributed by atoms with Crippen molar-refractivity contribution in [2.45, 2.75) is 12.8 Å². The Labute approximate surface area is 55.7 Å². The van der Waals surface area contributed by atoms with Crippen LogP contribution in [0.3, 0.4) is 0 Å². The summed E-state index contributed by atoms with van der Waals surface area (Å²) >= 11 is 4.54. The molecule has 0 saturated heterocycles. The lowest BCUT2D eigenvalue weighted by Crippen LogP contribution is -1.97. The number of unbranched alkanes of at least 4 members (excludes halogenated alkanes) is 1. The lowest BCUT2D eigenvalue weighted by atomic mass is 10.3. The van der Waals surface area contributed by atoms with Crippen LogP contribution >= 0.6 is 24.6 Å². The summed E-state index contributed by atoms with van der Waals surface area (Å²) in [5, 5.41) is 1.72. The molecule has 0 fully saturated rings. The summed E-state index contributed by atoms with van der Waals surface area (Å²) in [4.78, 5) is 0. The predicted octanol–water partition coefficient (Wildman–Crippen LogP) is 1.15. The van der Waals surface area contributed by atoms with E-state index in [-0.39, 0.29) is 12.4 Å². The zero-order valence-electron chi connectivity index (χ0n) is 4.09. The van der Waals surface area contributed by atoms with Gasteiger partial charge in [-0.3, -0.25) is 0 Å². The smallest absolute Gasteiger partial charge is 0.00740 e. The summed E-state index contributed by atoms with van der Waals surface area (Å²) in [6, 6.07) is 0. The zero-order chi connectivity index (χ0) is 4.83. The van der Waals surface area contributed by atoms with Gasteiger partial charge in [-0.1, -0.05) is 12.2 Å². The van der Waals surface area contributed by atoms with E-state index in [0.717, 1.165) is 19.4 Å². The van der Waals surface area contributed by atoms with Crippen molar-refractivity contribution in [2.24, 2.45) is 5.73 Å². The Kier molecular flexibility index (Phi) is 14.2. The van der Waals surface area contributed by atoms with E-state index in [4.69, 9.17) is 5.73 Å². The van der Waals surface area contributed by atoms with Gasteiger partial charge >= 0.3 is 0 Å². The molecule has 0 atom stereocenters. The average molecular weight is 140 g/mol. The molecule has 0 aromatic heterocycles. The van der Waals surface area contributed by atoms with Gasteiger partial charge in [-0.15, -0.1) is 12.4 Å². The second-order valence-electron chi connectivity index (χ2n) is 1.10. The van der Waals surface area contributed by atoms with E-state index in [1.54, 1.807) is 5.37 Å². The molecule has 0 spiro atoms. The Balaban J connectivity index is 0. The van der Waals surface area contributed by atoms with Crippen molar-refractivity contribution < 1.29 is 0 Å². The van der Waals surface area contributed by atoms with Crippen LogP contribution in [0.4, 0.5) is 0 Å². The first-order valence-corrected chi connectivity index (χ1v) is 2.52. The third kappa shape index (κ3) is 10.7. The largest absolute Gasteiger partial charge is 0.330 e. The normalized spacial score (nSPS) is 7.00. The van der Waals surface area contributed by atoms with Gasteiger partial charge in [0.2, 0.25) is 0 Å². The maximum Gasteiger partial charge on any atom is -0.00740 e. The fourth-order valence-corrected chi connectivity index (χ4v) is 0.368. The van der Waals surface area contributed by atoms with Crippen molar-refractivity contribution in [3.05, 3.63) is 0 Å². The van der Waals surface area contributed by atoms with Gasteiger partial charge in [0, 0.05) is 0 Å². The van der Waals surface area contributed by atoms with Gasteiger partial charge < -0.3 is 5.73 Å². The van der Waals surface area contributed by atoms with Gasteiger partial charge in [-0.25, -0.2) is 0 Å². The lowest BCUT2D eigenvalue weighted by Gasteiger charge is -1.81. The second kappa shape index (κ2) is 9.60. The van der Waals surface area contributed by atoms with Crippen LogP contribution in [-0.2, 0) is 0 Å². The molecule has 0 heterocycles. The van der Waals surface area contributed by atoms with Crippen LogP contribution in [0.5, 0.6) is 0 Å². The first-order chi connectivity index (χ1) is 2.91. The average Bonchev–Trinajstić information content (AvgIpc) is 1.61. The molecule has 0 aliphatic rings. The number of thiocarbonyl (C=S) groups is 1. The fraction of sp³-hybridized carbons (Fsp3) is 0.750. The minimum absolute atomic E-state index is 0. The van der Waals surface area contributed by atoms with Crippen LogP contribution in [0.2, 0.25) is 0 Å². The number of halogens is 1. The van der Waals surface area contributed by atoms with Gasteiger partial charge in [0.1, 0.15) is 0 Å². The first-order valence-electron chi connectivity index (χ1n) is 2.05. The molecule has 0 bridgehead atoms. The molecule has 0 saturated carbocycles. The van der Waals surface area contributed by atoms with Gasteiger partial charge in [0.25, 0.3) is 0 Å². The van der Waals surface area contributed by atoms with Crippen molar-refractivity contribution in [1.29, 1.82) is 0 Å². The Hall–Kier alpha value is 0.340. The minimum atomic E-state index is 0. The van der Waals surface area contributed by atoms with Crippen LogP contribution in [0.1, 0.15) is 12.8 Å². The van der Waals surface area contributed by atoms with E-state index in [1.165, 1.54) is 0 Å². The number of hydrogen-bond donors (Lipinski definition) is 1. The Morgan fingerprint density at radius 3 is 2.29 bits per heavy atom. The van der Waals surface area contributed by atoms with Gasteiger partial charge in [-0.2, -0.15) is 0 Å². The van der Waals surface area contributed by atoms with E-state index < -0.39 is 0 Å². The summed E-state index contributed by atoms with van der Waals surface area (Å²) in [5.41, 5.74) is 5.15. The predicted molar refractivity (Wildman–Crippen MR) is 39.2 cm³/mol. The molecule has 0 aromatic carbocycles. The summed E-state index contributed by atoms with van der Waals surface area (Å²) in [5.74, 6) is 0. The molecule has 1 nitrogen and oxygen atoms in total. The highest BCUT2D eigenvalue weighted by molar-refractivity contribution is 7.78. The number of nitrogens with two attached hydrogens (primary N) is 1. The van der Waals surface area contributed by atoms with Crippen molar-refractivity contribution in [1.82, 2.24) is 0 Å². The molecule has 0 aliphatic carbocycles. The van der Waals surface area contributed by atoms with Crippen LogP contribution in [0, 0.1) is 0 Å². The molecule has 2 N–H and O–H groups in total. The standard InChI is InChI=1S/C4H9NS.ClH/c5-3-1-2-4-6;/h4H,1-3,5H2;1H. The molecule has 0 radical (unpaired) electrons. The van der Waals surface area contributed by atoms with E-state index >= 15 is 0 Å². The summed E-state index contributed by atoms with van der Waals surface area (Å²) < 4.78 is 0. The lowest BCUT2D eigenvalue weighted by molar-refractivity contribution is 0.890. The SMILES string of the molecule is Cl.NCCCC=S. The van der Waals surface area contributed by atoms with Crippen LogP contribution in [0.25, 0.3) is 0 Å². The molecule has 0 unspecified atom stereocenters. The highest BCUT2D eigenvalue weighted by Crippen LogP contribution is 1.77. The van der Waals surface area contributed by atoms with Crippen molar-refractivity contribution in [2.75, 3.05) is 6.54 Å². The Morgan fingerprint density at radius 2 is 2.14 bits per heavy atom. The van der Waals surface area contributed by atoms with E-state index in [9.17, 15) is 0 Å². The van der Waals surface area contributed by atoms with Crippen molar-refractivity contribution >= 4 is 30.0 Å². The van der Waals surface area contributed by atoms with E-state index in [1.807, 2.05) is 0 Å². The van der Waals surface area contributed by atoms with Crippen molar-refractivity contribution in [3.8, 4) is 0 Å². The van der Waals surface area contributed by atoms with Gasteiger partial charge in [-0.05, 0) is 24.8 Å². The van der Waals surface area contributed by atoms with Gasteiger partial charge in [0.15, 0.2) is 0 Å². The molecule has 0 aromatic rings. The summed E-state index contributed by atoms with van der Waals surface area (Å²) in [7, 11) is 0. The van der Waals surface area contributed by atoms with E-state index in [2.05, 4.69) is 12.2 Å². The quantitative estimate of drug-likeness (QED) is 0.469. The molecule has 0 amide bonds. The molecule has 0 aliphatic heterocycles. The second-order valence-corrected chi connectivity index (χ2v) is 1.43. The highest BCUT2D eigenvalue weighted by Gasteiger charge is 1.72. The fourth-order valence-electron chi connectivity index (χ4n) is 0.201. The molecule has 7 heavy (non-hydrogen) atoms. The van der Waals surface area contributed by atoms with Crippen LogP contribution in [0.15, 0.2) is 0 Å². The Morgan fingerprint density at radius 1 is 1.57 bits per heavy atom. The maximum atomic E-state index is 5.15. The first kappa shape index (κ1) is 10.3. The molecular formula is C4H10ClNS. The van der Waals surface area contributed by atoms with Crippen molar-refractivity contribution in [3.63, 3.8) is 0 Å². The monoisotopic (exact) mass is 139 g/mol. The van der Waals surface area contributed by atoms with Gasteiger partial charge in [0.05, 0.1) is 0 Å². The maximum absolute atomic E-state index is 5.15. The zero-order valence-corrected chi connectivity index (χ0v) is 5.73. The Bertz CT molecular complexity index is 40.7. The number of rotatable bonds is 3. The number of hydrogen-bond acceptors (Lipinski definition) is 2. The molecule has 3 heteroatoms. The van der Waals surface area contributed by atoms with E-state index in [0.29, 0.717) is 0 Å². The third-order valence-corrected chi connectivity index (χ3v) is 0.762. The highest BCUT2D eigenvalue weighted by atomic mass is 35.5. The minimum Gasteiger partial charge on any atom is -0.330 e. The summed E-state index contributed by atoms with van der Waals surface area (Å²) in [6.45, 7) is 0.757. The molecule has 0 rings (SSSR count). The summed E-state index contributed by atoms with van der Waals surface area (Å²) in [6.07, 6.45) is 2.01. The van der Waals surface area contributed by atoms with Crippen LogP contribution < -0.4 is 5.73 Å². The topological polar surface area (TPSA) is 26.0 Å². The third-order valence-electron chi connectivity index (χ3n) is 0.526. The molecular weight excluding hydrogens is 130 g/mol.